The van der Waals surface area contributed by atoms with Crippen LogP contribution >= 0.6 is 11.3 Å². The standard InChI is InChI=1S/C18H31N5O2S/c1-4-19-17(21-12-14-13-26-18(22-14)23(2)3)20-11-7-10-16(24)25-15-8-5-6-9-15/h13,15H,4-12H2,1-3H3,(H2,19,20,21). The molecular formula is C18H31N5O2S. The summed E-state index contributed by atoms with van der Waals surface area (Å²) >= 11 is 1.61. The Morgan fingerprint density at radius 1 is 1.38 bits per heavy atom. The van der Waals surface area contributed by atoms with Crippen LogP contribution in [0.3, 0.4) is 0 Å². The number of esters is 1. The first-order chi connectivity index (χ1) is 12.6. The molecule has 0 saturated heterocycles. The Balaban J connectivity index is 1.69. The van der Waals surface area contributed by atoms with E-state index in [1.165, 1.54) is 12.8 Å². The topological polar surface area (TPSA) is 78.9 Å². The minimum Gasteiger partial charge on any atom is -0.462 e. The van der Waals surface area contributed by atoms with Crippen molar-refractivity contribution in [2.45, 2.75) is 58.1 Å². The minimum atomic E-state index is -0.0840. The fourth-order valence-corrected chi connectivity index (χ4v) is 3.52. The Bertz CT molecular complexity index is 582. The van der Waals surface area contributed by atoms with E-state index in [2.05, 4.69) is 20.6 Å². The van der Waals surface area contributed by atoms with Crippen LogP contribution in [0.4, 0.5) is 5.13 Å². The highest BCUT2D eigenvalue weighted by molar-refractivity contribution is 7.13. The van der Waals surface area contributed by atoms with E-state index in [9.17, 15) is 4.79 Å². The van der Waals surface area contributed by atoms with Crippen LogP contribution in [0.25, 0.3) is 0 Å². The number of aliphatic imine (C=N–C) groups is 1. The van der Waals surface area contributed by atoms with Gasteiger partial charge in [-0.25, -0.2) is 9.98 Å². The van der Waals surface area contributed by atoms with Crippen LogP contribution < -0.4 is 15.5 Å². The fourth-order valence-electron chi connectivity index (χ4n) is 2.77. The molecule has 0 bridgehead atoms. The number of hydrogen-bond acceptors (Lipinski definition) is 6. The fraction of sp³-hybridized carbons (Fsp3) is 0.722. The lowest BCUT2D eigenvalue weighted by atomic mass is 10.3. The summed E-state index contributed by atoms with van der Waals surface area (Å²) in [6.45, 7) is 4.04. The van der Waals surface area contributed by atoms with Gasteiger partial charge in [0.05, 0.1) is 12.2 Å². The number of anilines is 1. The van der Waals surface area contributed by atoms with Gasteiger partial charge >= 0.3 is 5.97 Å². The third kappa shape index (κ3) is 7.19. The number of guanidine groups is 1. The van der Waals surface area contributed by atoms with Gasteiger partial charge in [-0.15, -0.1) is 11.3 Å². The van der Waals surface area contributed by atoms with Gasteiger partial charge in [0.25, 0.3) is 0 Å². The van der Waals surface area contributed by atoms with Crippen LogP contribution in [0.15, 0.2) is 10.4 Å². The lowest BCUT2D eigenvalue weighted by Crippen LogP contribution is -2.38. The van der Waals surface area contributed by atoms with E-state index in [-0.39, 0.29) is 12.1 Å². The minimum absolute atomic E-state index is 0.0840. The summed E-state index contributed by atoms with van der Waals surface area (Å²) in [5, 5.41) is 9.49. The first-order valence-electron chi connectivity index (χ1n) is 9.42. The SMILES string of the molecule is CCNC(=NCc1csc(N(C)C)n1)NCCCC(=O)OC1CCCC1. The van der Waals surface area contributed by atoms with Gasteiger partial charge in [-0.1, -0.05) is 0 Å². The molecule has 1 aromatic rings. The molecule has 26 heavy (non-hydrogen) atoms. The molecule has 2 N–H and O–H groups in total. The van der Waals surface area contributed by atoms with Gasteiger partial charge in [0.1, 0.15) is 6.10 Å². The van der Waals surface area contributed by atoms with Crippen molar-refractivity contribution in [3.63, 3.8) is 0 Å². The Kier molecular flexibility index (Phi) is 8.67. The zero-order valence-corrected chi connectivity index (χ0v) is 16.9. The highest BCUT2D eigenvalue weighted by Gasteiger charge is 2.18. The van der Waals surface area contributed by atoms with E-state index >= 15 is 0 Å². The molecule has 1 aromatic heterocycles. The van der Waals surface area contributed by atoms with Crippen molar-refractivity contribution >= 4 is 28.4 Å². The number of nitrogens with one attached hydrogen (secondary N) is 2. The molecule has 0 aliphatic heterocycles. The number of thiazole rings is 1. The summed E-state index contributed by atoms with van der Waals surface area (Å²) in [4.78, 5) is 22.9. The Morgan fingerprint density at radius 2 is 2.15 bits per heavy atom. The average molecular weight is 382 g/mol. The van der Waals surface area contributed by atoms with E-state index in [0.29, 0.717) is 19.5 Å². The second-order valence-corrected chi connectivity index (χ2v) is 7.47. The predicted octanol–water partition coefficient (Wildman–Crippen LogP) is 2.53. The Hall–Kier alpha value is -1.83. The van der Waals surface area contributed by atoms with Gasteiger partial charge in [0.15, 0.2) is 11.1 Å². The summed E-state index contributed by atoms with van der Waals surface area (Å²) in [7, 11) is 3.96. The maximum Gasteiger partial charge on any atom is 0.306 e. The van der Waals surface area contributed by atoms with Crippen molar-refractivity contribution in [2.24, 2.45) is 4.99 Å². The van der Waals surface area contributed by atoms with E-state index in [1.807, 2.05) is 31.3 Å². The second kappa shape index (κ2) is 11.0. The van der Waals surface area contributed by atoms with Crippen LogP contribution in [-0.4, -0.2) is 50.2 Å². The van der Waals surface area contributed by atoms with E-state index in [4.69, 9.17) is 4.74 Å². The highest BCUT2D eigenvalue weighted by atomic mass is 32.1. The molecule has 0 spiro atoms. The predicted molar refractivity (Wildman–Crippen MR) is 107 cm³/mol. The zero-order valence-electron chi connectivity index (χ0n) is 16.1. The molecule has 1 fully saturated rings. The summed E-state index contributed by atoms with van der Waals surface area (Å²) in [5.74, 6) is 0.662. The molecule has 1 saturated carbocycles. The number of rotatable bonds is 9. The molecule has 0 amide bonds. The quantitative estimate of drug-likeness (QED) is 0.296. The number of hydrogen-bond donors (Lipinski definition) is 2. The van der Waals surface area contributed by atoms with Crippen molar-refractivity contribution in [2.75, 3.05) is 32.1 Å². The molecule has 1 heterocycles. The number of aromatic nitrogens is 1. The Morgan fingerprint density at radius 3 is 2.81 bits per heavy atom. The van der Waals surface area contributed by atoms with Crippen LogP contribution in [0.2, 0.25) is 0 Å². The lowest BCUT2D eigenvalue weighted by molar-refractivity contribution is -0.148. The van der Waals surface area contributed by atoms with Crippen molar-refractivity contribution in [3.05, 3.63) is 11.1 Å². The Labute approximate surface area is 160 Å². The largest absolute Gasteiger partial charge is 0.462 e. The van der Waals surface area contributed by atoms with Crippen LogP contribution in [0.1, 0.15) is 51.1 Å². The molecule has 7 nitrogen and oxygen atoms in total. The molecule has 8 heteroatoms. The molecule has 1 aliphatic rings. The first-order valence-corrected chi connectivity index (χ1v) is 10.3. The van der Waals surface area contributed by atoms with Crippen LogP contribution in [-0.2, 0) is 16.1 Å². The molecular weight excluding hydrogens is 350 g/mol. The molecule has 0 atom stereocenters. The lowest BCUT2D eigenvalue weighted by Gasteiger charge is -2.12. The van der Waals surface area contributed by atoms with Gasteiger partial charge in [0.2, 0.25) is 0 Å². The molecule has 0 aromatic carbocycles. The van der Waals surface area contributed by atoms with Crippen LogP contribution in [0, 0.1) is 0 Å². The molecule has 1 aliphatic carbocycles. The van der Waals surface area contributed by atoms with Crippen molar-refractivity contribution in [1.82, 2.24) is 15.6 Å². The molecule has 0 unspecified atom stereocenters. The summed E-state index contributed by atoms with van der Waals surface area (Å²) in [5.41, 5.74) is 0.955. The van der Waals surface area contributed by atoms with E-state index < -0.39 is 0 Å². The smallest absolute Gasteiger partial charge is 0.306 e. The van der Waals surface area contributed by atoms with Gasteiger partial charge in [-0.3, -0.25) is 4.79 Å². The summed E-state index contributed by atoms with van der Waals surface area (Å²) < 4.78 is 5.47. The third-order valence-electron chi connectivity index (χ3n) is 4.12. The maximum atomic E-state index is 11.8. The molecule has 2 rings (SSSR count). The number of carbonyl (C=O) groups is 1. The van der Waals surface area contributed by atoms with Crippen molar-refractivity contribution < 1.29 is 9.53 Å². The second-order valence-electron chi connectivity index (χ2n) is 6.64. The highest BCUT2D eigenvalue weighted by Crippen LogP contribution is 2.21. The van der Waals surface area contributed by atoms with Crippen molar-refractivity contribution in [1.29, 1.82) is 0 Å². The van der Waals surface area contributed by atoms with Gasteiger partial charge in [0, 0.05) is 39.0 Å². The third-order valence-corrected chi connectivity index (χ3v) is 5.17. The summed E-state index contributed by atoms with van der Waals surface area (Å²) in [6.07, 6.45) is 5.73. The van der Waals surface area contributed by atoms with Crippen molar-refractivity contribution in [3.8, 4) is 0 Å². The first kappa shape index (κ1) is 20.5. The van der Waals surface area contributed by atoms with Crippen LogP contribution in [0.5, 0.6) is 0 Å². The molecule has 0 radical (unpaired) electrons. The van der Waals surface area contributed by atoms with Gasteiger partial charge in [-0.2, -0.15) is 0 Å². The molecule has 146 valence electrons. The number of ether oxygens (including phenoxy) is 1. The van der Waals surface area contributed by atoms with E-state index in [0.717, 1.165) is 42.6 Å². The monoisotopic (exact) mass is 381 g/mol. The average Bonchev–Trinajstić information content (AvgIpc) is 3.28. The number of carbonyl (C=O) groups excluding carboxylic acids is 1. The number of nitrogens with zero attached hydrogens (tertiary/aromatic N) is 3. The zero-order chi connectivity index (χ0) is 18.8. The maximum absolute atomic E-state index is 11.8. The van der Waals surface area contributed by atoms with Gasteiger partial charge in [-0.05, 0) is 39.0 Å². The van der Waals surface area contributed by atoms with E-state index in [1.54, 1.807) is 11.3 Å². The normalized spacial score (nSPS) is 15.1. The summed E-state index contributed by atoms with van der Waals surface area (Å²) in [6, 6.07) is 0. The van der Waals surface area contributed by atoms with Gasteiger partial charge < -0.3 is 20.3 Å².